The second-order valence-electron chi connectivity index (χ2n) is 5.53. The summed E-state index contributed by atoms with van der Waals surface area (Å²) in [7, 11) is -4.83. The van der Waals surface area contributed by atoms with Gasteiger partial charge in [-0.25, -0.2) is 4.57 Å². The Balaban J connectivity index is 2.41. The van der Waals surface area contributed by atoms with Crippen LogP contribution in [0.4, 0.5) is 0 Å². The average Bonchev–Trinajstić information content (AvgIpc) is 2.43. The van der Waals surface area contributed by atoms with Gasteiger partial charge in [0.05, 0.1) is 17.7 Å². The van der Waals surface area contributed by atoms with Crippen molar-refractivity contribution in [3.63, 3.8) is 0 Å². The van der Waals surface area contributed by atoms with Gasteiger partial charge in [-0.1, -0.05) is 19.1 Å². The molecular weight excluding hydrogens is 337 g/mol. The molecule has 0 amide bonds. The Labute approximate surface area is 138 Å². The number of hydrogen-bond donors (Lipinski definition) is 6. The van der Waals surface area contributed by atoms with E-state index in [2.05, 4.69) is 4.76 Å². The lowest BCUT2D eigenvalue weighted by atomic mass is 9.81. The summed E-state index contributed by atoms with van der Waals surface area (Å²) in [4.78, 5) is 18.1. The molecule has 1 aromatic rings. The van der Waals surface area contributed by atoms with Crippen LogP contribution in [-0.4, -0.2) is 42.0 Å². The molecule has 6 N–H and O–H groups in total. The topological polar surface area (TPSA) is 151 Å². The lowest BCUT2D eigenvalue weighted by Gasteiger charge is -2.29. The van der Waals surface area contributed by atoms with Gasteiger partial charge in [0.2, 0.25) is 0 Å². The fraction of sp³-hybridized carbons (Fsp3) is 0.267. The van der Waals surface area contributed by atoms with Crippen molar-refractivity contribution in [2.24, 2.45) is 10.7 Å². The average molecular weight is 355 g/mol. The molecule has 0 saturated carbocycles. The van der Waals surface area contributed by atoms with E-state index in [1.165, 1.54) is 12.1 Å². The van der Waals surface area contributed by atoms with Gasteiger partial charge in [0, 0.05) is 18.1 Å². The van der Waals surface area contributed by atoms with Crippen molar-refractivity contribution < 1.29 is 34.8 Å². The minimum absolute atomic E-state index is 0.00314. The molecule has 0 spiro atoms. The number of aromatic hydroxyl groups is 1. The molecule has 8 nitrogen and oxygen atoms in total. The first-order chi connectivity index (χ1) is 11.1. The number of rotatable bonds is 4. The molecule has 0 radical (unpaired) electrons. The predicted octanol–water partition coefficient (Wildman–Crippen LogP) is 1.90. The number of aliphatic hydroxyl groups is 3. The lowest BCUT2D eigenvalue weighted by molar-refractivity contribution is 0.108. The summed E-state index contributed by atoms with van der Waals surface area (Å²) in [5.74, 6) is -2.74. The third-order valence-electron chi connectivity index (χ3n) is 3.72. The Morgan fingerprint density at radius 3 is 2.42 bits per heavy atom. The molecule has 3 unspecified atom stereocenters. The first kappa shape index (κ1) is 18.2. The normalized spacial score (nSPS) is 22.7. The SMILES string of the molecule is CC(c1cccc(O)c1)C(O)C1C(O)=CC(O)=C/C1=N\P(=O)(O)O. The van der Waals surface area contributed by atoms with E-state index in [1.807, 2.05) is 0 Å². The summed E-state index contributed by atoms with van der Waals surface area (Å²) in [6.45, 7) is 1.62. The van der Waals surface area contributed by atoms with Crippen LogP contribution in [0.25, 0.3) is 0 Å². The zero-order chi connectivity index (χ0) is 18.1. The molecule has 1 aliphatic carbocycles. The summed E-state index contributed by atoms with van der Waals surface area (Å²) < 4.78 is 14.3. The quantitative estimate of drug-likeness (QED) is 0.451. The molecule has 0 heterocycles. The van der Waals surface area contributed by atoms with Crippen molar-refractivity contribution in [2.45, 2.75) is 18.9 Å². The van der Waals surface area contributed by atoms with Gasteiger partial charge in [0.15, 0.2) is 0 Å². The Morgan fingerprint density at radius 1 is 1.17 bits per heavy atom. The van der Waals surface area contributed by atoms with Crippen molar-refractivity contribution in [3.8, 4) is 5.75 Å². The number of nitrogens with zero attached hydrogens (tertiary/aromatic N) is 1. The molecule has 3 atom stereocenters. The van der Waals surface area contributed by atoms with Gasteiger partial charge in [-0.05, 0) is 17.7 Å². The van der Waals surface area contributed by atoms with E-state index < -0.39 is 37.2 Å². The van der Waals surface area contributed by atoms with Crippen LogP contribution in [0.5, 0.6) is 5.75 Å². The maximum atomic E-state index is 11.1. The van der Waals surface area contributed by atoms with Crippen LogP contribution in [0.2, 0.25) is 0 Å². The van der Waals surface area contributed by atoms with Gasteiger partial charge < -0.3 is 30.2 Å². The van der Waals surface area contributed by atoms with E-state index >= 15 is 0 Å². The van der Waals surface area contributed by atoms with Crippen LogP contribution in [0.3, 0.4) is 0 Å². The Hall–Kier alpha value is -2.12. The highest BCUT2D eigenvalue weighted by atomic mass is 31.2. The molecule has 9 heteroatoms. The van der Waals surface area contributed by atoms with Crippen LogP contribution >= 0.6 is 7.75 Å². The van der Waals surface area contributed by atoms with E-state index in [0.29, 0.717) is 5.56 Å². The summed E-state index contributed by atoms with van der Waals surface area (Å²) in [5, 5.41) is 39.7. The smallest absolute Gasteiger partial charge is 0.448 e. The first-order valence-corrected chi connectivity index (χ1v) is 8.59. The molecule has 1 aromatic carbocycles. The Morgan fingerprint density at radius 2 is 1.83 bits per heavy atom. The monoisotopic (exact) mass is 355 g/mol. The summed E-state index contributed by atoms with van der Waals surface area (Å²) in [5.41, 5.74) is 0.227. The number of phenolic OH excluding ortho intramolecular Hbond substituents is 1. The second kappa shape index (κ2) is 6.78. The van der Waals surface area contributed by atoms with Gasteiger partial charge in [0.25, 0.3) is 0 Å². The van der Waals surface area contributed by atoms with E-state index in [1.54, 1.807) is 19.1 Å². The molecule has 2 rings (SSSR count). The number of allylic oxidation sites excluding steroid dienone is 2. The van der Waals surface area contributed by atoms with E-state index in [4.69, 9.17) is 9.79 Å². The standard InChI is InChI=1S/C15H18NO7P/c1-8(9-3-2-4-10(17)5-9)15(20)14-12(16-24(21,22)23)6-11(18)7-13(14)19/h2-8,14-15,17-20H,1H3,(H2,21,22,23)/b16-12+. The molecule has 0 bridgehead atoms. The van der Waals surface area contributed by atoms with E-state index in [9.17, 15) is 25.0 Å². The number of benzene rings is 1. The van der Waals surface area contributed by atoms with Crippen molar-refractivity contribution >= 4 is 13.5 Å². The molecule has 24 heavy (non-hydrogen) atoms. The summed E-state index contributed by atoms with van der Waals surface area (Å²) in [6, 6.07) is 6.14. The number of hydrogen-bond acceptors (Lipinski definition) is 5. The minimum atomic E-state index is -4.83. The molecule has 0 aliphatic heterocycles. The highest BCUT2D eigenvalue weighted by Gasteiger charge is 2.36. The molecule has 0 fully saturated rings. The molecule has 130 valence electrons. The summed E-state index contributed by atoms with van der Waals surface area (Å²) in [6.07, 6.45) is 0.640. The van der Waals surface area contributed by atoms with Crippen molar-refractivity contribution in [1.29, 1.82) is 0 Å². The summed E-state index contributed by atoms with van der Waals surface area (Å²) >= 11 is 0. The Kier molecular flexibility index (Phi) is 5.15. The van der Waals surface area contributed by atoms with Gasteiger partial charge in [-0.15, -0.1) is 0 Å². The zero-order valence-electron chi connectivity index (χ0n) is 12.7. The Bertz CT molecular complexity index is 765. The molecular formula is C15H18NO7P. The fourth-order valence-corrected chi connectivity index (χ4v) is 3.04. The van der Waals surface area contributed by atoms with Crippen LogP contribution in [0.1, 0.15) is 18.4 Å². The largest absolute Gasteiger partial charge is 0.511 e. The highest BCUT2D eigenvalue weighted by Crippen LogP contribution is 2.40. The van der Waals surface area contributed by atoms with E-state index in [-0.39, 0.29) is 11.5 Å². The van der Waals surface area contributed by atoms with Crippen molar-refractivity contribution in [2.75, 3.05) is 0 Å². The van der Waals surface area contributed by atoms with Crippen molar-refractivity contribution in [1.82, 2.24) is 0 Å². The lowest BCUT2D eigenvalue weighted by Crippen LogP contribution is -2.35. The van der Waals surface area contributed by atoms with Crippen LogP contribution in [0.15, 0.2) is 52.7 Å². The molecule has 1 aliphatic rings. The zero-order valence-corrected chi connectivity index (χ0v) is 13.6. The van der Waals surface area contributed by atoms with Crippen LogP contribution in [-0.2, 0) is 4.57 Å². The number of phenols is 1. The maximum Gasteiger partial charge on any atom is 0.448 e. The predicted molar refractivity (Wildman–Crippen MR) is 86.9 cm³/mol. The van der Waals surface area contributed by atoms with Gasteiger partial charge in [-0.3, -0.25) is 0 Å². The van der Waals surface area contributed by atoms with Crippen molar-refractivity contribution in [3.05, 3.63) is 53.5 Å². The van der Waals surface area contributed by atoms with Crippen LogP contribution < -0.4 is 0 Å². The molecule has 0 saturated heterocycles. The third-order valence-corrected chi connectivity index (χ3v) is 4.22. The number of aliphatic hydroxyl groups excluding tert-OH is 3. The maximum absolute atomic E-state index is 11.1. The first-order valence-electron chi connectivity index (χ1n) is 7.02. The highest BCUT2D eigenvalue weighted by molar-refractivity contribution is 7.50. The molecule has 0 aromatic heterocycles. The van der Waals surface area contributed by atoms with Crippen LogP contribution in [0, 0.1) is 5.92 Å². The van der Waals surface area contributed by atoms with Gasteiger partial charge in [-0.2, -0.15) is 4.76 Å². The fourth-order valence-electron chi connectivity index (χ4n) is 2.56. The third kappa shape index (κ3) is 4.24. The van der Waals surface area contributed by atoms with Gasteiger partial charge >= 0.3 is 7.75 Å². The second-order valence-corrected chi connectivity index (χ2v) is 6.76. The van der Waals surface area contributed by atoms with E-state index in [0.717, 1.165) is 12.2 Å². The van der Waals surface area contributed by atoms with Gasteiger partial charge in [0.1, 0.15) is 17.3 Å². The minimum Gasteiger partial charge on any atom is -0.511 e.